The minimum absolute atomic E-state index is 0.252. The molecule has 0 atom stereocenters. The molecule has 0 radical (unpaired) electrons. The van der Waals surface area contributed by atoms with E-state index in [1.165, 1.54) is 0 Å². The van der Waals surface area contributed by atoms with Gasteiger partial charge in [0, 0.05) is 23.1 Å². The van der Waals surface area contributed by atoms with Crippen molar-refractivity contribution in [1.82, 2.24) is 4.31 Å². The summed E-state index contributed by atoms with van der Waals surface area (Å²) in [6, 6.07) is 0.592. The molecule has 0 heterocycles. The molecule has 0 N–H and O–H groups in total. The van der Waals surface area contributed by atoms with Crippen molar-refractivity contribution in [3.05, 3.63) is 0 Å². The first-order valence-corrected chi connectivity index (χ1v) is 6.00. The zero-order valence-electron chi connectivity index (χ0n) is 8.79. The fourth-order valence-corrected chi connectivity index (χ4v) is 2.47. The first-order chi connectivity index (χ1) is 5.39. The predicted octanol–water partition coefficient (Wildman–Crippen LogP) is 3.07. The van der Waals surface area contributed by atoms with Crippen molar-refractivity contribution in [3.63, 3.8) is 0 Å². The first kappa shape index (κ1) is 12.7. The predicted molar refractivity (Wildman–Crippen MR) is 63.0 cm³/mol. The summed E-state index contributed by atoms with van der Waals surface area (Å²) in [7, 11) is 0. The number of rotatable bonds is 4. The van der Waals surface area contributed by atoms with Crippen LogP contribution in [0.25, 0.3) is 0 Å². The Hall–Kier alpha value is 0.660. The second-order valence-corrected chi connectivity index (χ2v) is 5.65. The van der Waals surface area contributed by atoms with Gasteiger partial charge in [0.2, 0.25) is 0 Å². The molecule has 0 amide bonds. The van der Waals surface area contributed by atoms with Gasteiger partial charge in [0.25, 0.3) is 0 Å². The molecular formula is C9H21NS2. The molecular weight excluding hydrogens is 186 g/mol. The molecule has 0 aromatic heterocycles. The Morgan fingerprint density at radius 2 is 1.83 bits per heavy atom. The normalized spacial score (nSPS) is 13.0. The van der Waals surface area contributed by atoms with E-state index in [4.69, 9.17) is 0 Å². The van der Waals surface area contributed by atoms with Crippen LogP contribution in [0.2, 0.25) is 0 Å². The van der Waals surface area contributed by atoms with Gasteiger partial charge in [-0.25, -0.2) is 4.31 Å². The van der Waals surface area contributed by atoms with Gasteiger partial charge in [-0.1, -0.05) is 11.9 Å². The molecule has 0 aromatic rings. The van der Waals surface area contributed by atoms with Gasteiger partial charge in [-0.2, -0.15) is 12.6 Å². The van der Waals surface area contributed by atoms with E-state index < -0.39 is 0 Å². The molecule has 74 valence electrons. The lowest BCUT2D eigenvalue weighted by atomic mass is 10.1. The highest BCUT2D eigenvalue weighted by atomic mass is 32.2. The molecule has 0 aliphatic rings. The molecule has 0 unspecified atom stereocenters. The number of thiol groups is 1. The number of nitrogens with zero attached hydrogens (tertiary/aromatic N) is 1. The molecule has 0 aromatic carbocycles. The molecule has 0 fully saturated rings. The highest BCUT2D eigenvalue weighted by molar-refractivity contribution is 7.97. The summed E-state index contributed by atoms with van der Waals surface area (Å²) in [4.78, 5) is 0. The third-order valence-corrected chi connectivity index (χ3v) is 3.61. The molecule has 0 rings (SSSR count). The number of hydrogen-bond donors (Lipinski definition) is 1. The fraction of sp³-hybridized carbons (Fsp3) is 1.00. The molecule has 12 heavy (non-hydrogen) atoms. The van der Waals surface area contributed by atoms with Gasteiger partial charge < -0.3 is 0 Å². The van der Waals surface area contributed by atoms with Crippen LogP contribution >= 0.6 is 24.6 Å². The summed E-state index contributed by atoms with van der Waals surface area (Å²) in [5.41, 5.74) is 0.252. The zero-order chi connectivity index (χ0) is 9.78. The highest BCUT2D eigenvalue weighted by Crippen LogP contribution is 2.26. The maximum Gasteiger partial charge on any atom is 0.0231 e. The monoisotopic (exact) mass is 207 g/mol. The lowest BCUT2D eigenvalue weighted by Crippen LogP contribution is -2.41. The van der Waals surface area contributed by atoms with Crippen molar-refractivity contribution in [2.75, 3.05) is 11.5 Å². The molecule has 3 heteroatoms. The Morgan fingerprint density at radius 1 is 1.33 bits per heavy atom. The van der Waals surface area contributed by atoms with Gasteiger partial charge in [0.1, 0.15) is 0 Å². The maximum absolute atomic E-state index is 4.21. The summed E-state index contributed by atoms with van der Waals surface area (Å²) in [6.45, 7) is 11.2. The molecule has 1 nitrogen and oxygen atoms in total. The van der Waals surface area contributed by atoms with E-state index in [2.05, 4.69) is 51.6 Å². The van der Waals surface area contributed by atoms with Crippen molar-refractivity contribution in [2.45, 2.75) is 46.2 Å². The van der Waals surface area contributed by atoms with Gasteiger partial charge in [-0.05, 0) is 34.6 Å². The second kappa shape index (κ2) is 5.40. The van der Waals surface area contributed by atoms with Crippen molar-refractivity contribution >= 4 is 24.6 Å². The van der Waals surface area contributed by atoms with Crippen LogP contribution in [0.4, 0.5) is 0 Å². The Morgan fingerprint density at radius 3 is 2.08 bits per heavy atom. The maximum atomic E-state index is 4.21. The molecule has 0 aliphatic carbocycles. The summed E-state index contributed by atoms with van der Waals surface area (Å²) in [5.74, 6) is 2.04. The number of hydrogen-bond acceptors (Lipinski definition) is 3. The van der Waals surface area contributed by atoms with Crippen LogP contribution in [-0.2, 0) is 0 Å². The lowest BCUT2D eigenvalue weighted by Gasteiger charge is -2.37. The Bertz CT molecular complexity index is 118. The zero-order valence-corrected chi connectivity index (χ0v) is 10.5. The van der Waals surface area contributed by atoms with E-state index in [-0.39, 0.29) is 5.54 Å². The standard InChI is InChI=1S/C9H21NS2/c1-8(2)10(9(3,4)5)12-7-6-11/h8,11H,6-7H2,1-5H3. The molecule has 0 saturated carbocycles. The topological polar surface area (TPSA) is 3.24 Å². The van der Waals surface area contributed by atoms with Crippen molar-refractivity contribution < 1.29 is 0 Å². The van der Waals surface area contributed by atoms with E-state index in [9.17, 15) is 0 Å². The van der Waals surface area contributed by atoms with Gasteiger partial charge in [-0.3, -0.25) is 0 Å². The SMILES string of the molecule is CC(C)N(SCCS)C(C)(C)C. The Labute approximate surface area is 86.8 Å². The van der Waals surface area contributed by atoms with Gasteiger partial charge >= 0.3 is 0 Å². The van der Waals surface area contributed by atoms with E-state index >= 15 is 0 Å². The quantitative estimate of drug-likeness (QED) is 0.557. The summed E-state index contributed by atoms with van der Waals surface area (Å²) in [5, 5.41) is 0. The van der Waals surface area contributed by atoms with Crippen LogP contribution in [0, 0.1) is 0 Å². The summed E-state index contributed by atoms with van der Waals surface area (Å²) >= 11 is 6.11. The largest absolute Gasteiger partial charge is 0.243 e. The van der Waals surface area contributed by atoms with Gasteiger partial charge in [-0.15, -0.1) is 0 Å². The van der Waals surface area contributed by atoms with Crippen LogP contribution in [0.15, 0.2) is 0 Å². The van der Waals surface area contributed by atoms with Crippen LogP contribution in [0.1, 0.15) is 34.6 Å². The molecule has 0 saturated heterocycles. The Kier molecular flexibility index (Phi) is 5.70. The summed E-state index contributed by atoms with van der Waals surface area (Å²) < 4.78 is 2.43. The van der Waals surface area contributed by atoms with Crippen LogP contribution < -0.4 is 0 Å². The minimum Gasteiger partial charge on any atom is -0.243 e. The Balaban J connectivity index is 4.05. The van der Waals surface area contributed by atoms with Crippen LogP contribution in [-0.4, -0.2) is 27.4 Å². The summed E-state index contributed by atoms with van der Waals surface area (Å²) in [6.07, 6.45) is 0. The third-order valence-electron chi connectivity index (χ3n) is 1.45. The molecule has 0 aliphatic heterocycles. The molecule has 0 spiro atoms. The van der Waals surface area contributed by atoms with Crippen molar-refractivity contribution in [2.24, 2.45) is 0 Å². The minimum atomic E-state index is 0.252. The van der Waals surface area contributed by atoms with E-state index in [0.717, 1.165) is 11.5 Å². The third kappa shape index (κ3) is 4.63. The van der Waals surface area contributed by atoms with Crippen molar-refractivity contribution in [3.8, 4) is 0 Å². The highest BCUT2D eigenvalue weighted by Gasteiger charge is 2.23. The second-order valence-electron chi connectivity index (χ2n) is 4.15. The van der Waals surface area contributed by atoms with Crippen molar-refractivity contribution in [1.29, 1.82) is 0 Å². The van der Waals surface area contributed by atoms with E-state index in [1.54, 1.807) is 0 Å². The van der Waals surface area contributed by atoms with E-state index in [0.29, 0.717) is 6.04 Å². The van der Waals surface area contributed by atoms with Gasteiger partial charge in [0.15, 0.2) is 0 Å². The fourth-order valence-electron chi connectivity index (χ4n) is 1.26. The average Bonchev–Trinajstić information content (AvgIpc) is 1.84. The van der Waals surface area contributed by atoms with Crippen LogP contribution in [0.5, 0.6) is 0 Å². The van der Waals surface area contributed by atoms with Crippen LogP contribution in [0.3, 0.4) is 0 Å². The smallest absolute Gasteiger partial charge is 0.0231 e. The first-order valence-electron chi connectivity index (χ1n) is 4.42. The lowest BCUT2D eigenvalue weighted by molar-refractivity contribution is 0.232. The molecule has 0 bridgehead atoms. The average molecular weight is 207 g/mol. The van der Waals surface area contributed by atoms with E-state index in [1.807, 2.05) is 11.9 Å². The van der Waals surface area contributed by atoms with Gasteiger partial charge in [0.05, 0.1) is 0 Å².